The van der Waals surface area contributed by atoms with Crippen molar-refractivity contribution >= 4 is 11.6 Å². The second kappa shape index (κ2) is 6.38. The van der Waals surface area contributed by atoms with E-state index in [1.54, 1.807) is 6.07 Å². The Morgan fingerprint density at radius 2 is 1.55 bits per heavy atom. The highest BCUT2D eigenvalue weighted by molar-refractivity contribution is 6.08. The molecule has 7 heteroatoms. The van der Waals surface area contributed by atoms with Gasteiger partial charge in [-0.3, -0.25) is 4.79 Å². The van der Waals surface area contributed by atoms with Crippen molar-refractivity contribution in [2.75, 3.05) is 19.5 Å². The van der Waals surface area contributed by atoms with Crippen molar-refractivity contribution in [2.24, 2.45) is 0 Å². The minimum absolute atomic E-state index is 0.0108. The van der Waals surface area contributed by atoms with Crippen LogP contribution in [0.25, 0.3) is 0 Å². The number of carbonyl (C=O) groups is 1. The summed E-state index contributed by atoms with van der Waals surface area (Å²) in [5, 5.41) is 2.16. The molecule has 2 rings (SSSR count). The van der Waals surface area contributed by atoms with Crippen LogP contribution in [0.3, 0.4) is 0 Å². The SMILES string of the molecule is COc1cccc(OC)c1C(=O)Nc1ccc(F)c(F)c1F. The lowest BCUT2D eigenvalue weighted by Crippen LogP contribution is -2.16. The van der Waals surface area contributed by atoms with E-state index < -0.39 is 29.0 Å². The molecule has 0 saturated heterocycles. The zero-order valence-corrected chi connectivity index (χ0v) is 11.7. The first-order valence-corrected chi connectivity index (χ1v) is 6.15. The number of ether oxygens (including phenoxy) is 2. The van der Waals surface area contributed by atoms with Crippen LogP contribution in [-0.4, -0.2) is 20.1 Å². The van der Waals surface area contributed by atoms with Gasteiger partial charge >= 0.3 is 0 Å². The second-order valence-electron chi connectivity index (χ2n) is 4.21. The molecule has 0 radical (unpaired) electrons. The van der Waals surface area contributed by atoms with E-state index >= 15 is 0 Å². The van der Waals surface area contributed by atoms with Gasteiger partial charge in [-0.2, -0.15) is 0 Å². The molecule has 4 nitrogen and oxygen atoms in total. The molecule has 2 aromatic carbocycles. The Bertz CT molecular complexity index is 697. The Kier molecular flexibility index (Phi) is 4.55. The van der Waals surface area contributed by atoms with Gasteiger partial charge in [0.1, 0.15) is 17.1 Å². The maximum Gasteiger partial charge on any atom is 0.263 e. The first-order valence-electron chi connectivity index (χ1n) is 6.15. The average molecular weight is 311 g/mol. The molecule has 0 aromatic heterocycles. The zero-order valence-electron chi connectivity index (χ0n) is 11.7. The van der Waals surface area contributed by atoms with Gasteiger partial charge < -0.3 is 14.8 Å². The zero-order chi connectivity index (χ0) is 16.3. The van der Waals surface area contributed by atoms with Crippen molar-refractivity contribution in [1.29, 1.82) is 0 Å². The average Bonchev–Trinajstić information content (AvgIpc) is 2.54. The molecular formula is C15H12F3NO3. The Morgan fingerprint density at radius 3 is 2.09 bits per heavy atom. The number of carbonyl (C=O) groups excluding carboxylic acids is 1. The third kappa shape index (κ3) is 2.83. The van der Waals surface area contributed by atoms with Crippen LogP contribution in [0.5, 0.6) is 11.5 Å². The van der Waals surface area contributed by atoms with E-state index in [0.29, 0.717) is 6.07 Å². The van der Waals surface area contributed by atoms with Gasteiger partial charge in [-0.05, 0) is 24.3 Å². The van der Waals surface area contributed by atoms with E-state index in [2.05, 4.69) is 5.32 Å². The van der Waals surface area contributed by atoms with Crippen LogP contribution in [0.4, 0.5) is 18.9 Å². The molecule has 0 heterocycles. The molecule has 0 aliphatic carbocycles. The number of rotatable bonds is 4. The molecule has 22 heavy (non-hydrogen) atoms. The summed E-state index contributed by atoms with van der Waals surface area (Å²) in [6.45, 7) is 0. The van der Waals surface area contributed by atoms with Gasteiger partial charge in [0.05, 0.1) is 19.9 Å². The molecule has 0 spiro atoms. The van der Waals surface area contributed by atoms with E-state index in [1.165, 1.54) is 26.4 Å². The Labute approximate surface area is 124 Å². The predicted molar refractivity (Wildman–Crippen MR) is 73.8 cm³/mol. The summed E-state index contributed by atoms with van der Waals surface area (Å²) in [6.07, 6.45) is 0. The molecule has 0 aliphatic rings. The number of anilines is 1. The molecule has 0 unspecified atom stereocenters. The van der Waals surface area contributed by atoms with Crippen LogP contribution in [-0.2, 0) is 0 Å². The van der Waals surface area contributed by atoms with E-state index in [0.717, 1.165) is 6.07 Å². The Balaban J connectivity index is 2.40. The van der Waals surface area contributed by atoms with Gasteiger partial charge in [0, 0.05) is 0 Å². The summed E-state index contributed by atoms with van der Waals surface area (Å²) in [4.78, 5) is 12.3. The molecule has 2 aromatic rings. The normalized spacial score (nSPS) is 10.2. The summed E-state index contributed by atoms with van der Waals surface area (Å²) in [7, 11) is 2.70. The summed E-state index contributed by atoms with van der Waals surface area (Å²) >= 11 is 0. The van der Waals surface area contributed by atoms with Crippen molar-refractivity contribution < 1.29 is 27.4 Å². The van der Waals surface area contributed by atoms with Crippen LogP contribution >= 0.6 is 0 Å². The number of hydrogen-bond acceptors (Lipinski definition) is 3. The highest BCUT2D eigenvalue weighted by atomic mass is 19.2. The van der Waals surface area contributed by atoms with Crippen molar-refractivity contribution in [3.05, 3.63) is 53.3 Å². The lowest BCUT2D eigenvalue weighted by molar-refractivity contribution is 0.102. The molecular weight excluding hydrogens is 299 g/mol. The summed E-state index contributed by atoms with van der Waals surface area (Å²) in [5.74, 6) is -4.88. The monoisotopic (exact) mass is 311 g/mol. The molecule has 0 aliphatic heterocycles. The number of hydrogen-bond donors (Lipinski definition) is 1. The van der Waals surface area contributed by atoms with E-state index in [9.17, 15) is 18.0 Å². The van der Waals surface area contributed by atoms with Crippen molar-refractivity contribution in [2.45, 2.75) is 0 Å². The highest BCUT2D eigenvalue weighted by Crippen LogP contribution is 2.29. The number of halogens is 3. The molecule has 0 atom stereocenters. The summed E-state index contributed by atoms with van der Waals surface area (Å²) in [5.41, 5.74) is -0.478. The molecule has 0 fully saturated rings. The lowest BCUT2D eigenvalue weighted by Gasteiger charge is -2.13. The quantitative estimate of drug-likeness (QED) is 0.881. The van der Waals surface area contributed by atoms with Gasteiger partial charge in [-0.15, -0.1) is 0 Å². The van der Waals surface area contributed by atoms with Gasteiger partial charge in [0.25, 0.3) is 5.91 Å². The first-order chi connectivity index (χ1) is 10.5. The van der Waals surface area contributed by atoms with Crippen LogP contribution in [0.2, 0.25) is 0 Å². The maximum atomic E-state index is 13.6. The number of amides is 1. The van der Waals surface area contributed by atoms with Crippen molar-refractivity contribution in [1.82, 2.24) is 0 Å². The van der Waals surface area contributed by atoms with Crippen molar-refractivity contribution in [3.8, 4) is 11.5 Å². The number of benzene rings is 2. The Hall–Kier alpha value is -2.70. The summed E-state index contributed by atoms with van der Waals surface area (Å²) in [6, 6.07) is 6.27. The van der Waals surface area contributed by atoms with Gasteiger partial charge in [0.15, 0.2) is 17.5 Å². The van der Waals surface area contributed by atoms with Crippen molar-refractivity contribution in [3.63, 3.8) is 0 Å². The number of nitrogens with one attached hydrogen (secondary N) is 1. The van der Waals surface area contributed by atoms with Gasteiger partial charge in [-0.25, -0.2) is 13.2 Å². The third-order valence-corrected chi connectivity index (χ3v) is 2.94. The summed E-state index contributed by atoms with van der Waals surface area (Å²) < 4.78 is 49.8. The minimum Gasteiger partial charge on any atom is -0.496 e. The molecule has 1 N–H and O–H groups in total. The second-order valence-corrected chi connectivity index (χ2v) is 4.21. The van der Waals surface area contributed by atoms with Crippen LogP contribution in [0.15, 0.2) is 30.3 Å². The topological polar surface area (TPSA) is 47.6 Å². The molecule has 0 bridgehead atoms. The van der Waals surface area contributed by atoms with Gasteiger partial charge in [-0.1, -0.05) is 6.07 Å². The van der Waals surface area contributed by atoms with E-state index in [-0.39, 0.29) is 17.1 Å². The lowest BCUT2D eigenvalue weighted by atomic mass is 10.1. The van der Waals surface area contributed by atoms with Crippen LogP contribution in [0.1, 0.15) is 10.4 Å². The van der Waals surface area contributed by atoms with E-state index in [1.807, 2.05) is 0 Å². The van der Waals surface area contributed by atoms with E-state index in [4.69, 9.17) is 9.47 Å². The minimum atomic E-state index is -1.66. The molecule has 1 amide bonds. The van der Waals surface area contributed by atoms with Crippen LogP contribution < -0.4 is 14.8 Å². The smallest absolute Gasteiger partial charge is 0.263 e. The fourth-order valence-electron chi connectivity index (χ4n) is 1.88. The molecule has 116 valence electrons. The standard InChI is InChI=1S/C15H12F3NO3/c1-21-10-4-3-5-11(22-2)12(10)15(20)19-9-7-6-8(16)13(17)14(9)18/h3-7H,1-2H3,(H,19,20). The number of methoxy groups -OCH3 is 2. The first kappa shape index (κ1) is 15.7. The Morgan fingerprint density at radius 1 is 0.955 bits per heavy atom. The fraction of sp³-hybridized carbons (Fsp3) is 0.133. The highest BCUT2D eigenvalue weighted by Gasteiger charge is 2.21. The fourth-order valence-corrected chi connectivity index (χ4v) is 1.88. The molecule has 0 saturated carbocycles. The third-order valence-electron chi connectivity index (χ3n) is 2.94. The van der Waals surface area contributed by atoms with Gasteiger partial charge in [0.2, 0.25) is 0 Å². The largest absolute Gasteiger partial charge is 0.496 e. The predicted octanol–water partition coefficient (Wildman–Crippen LogP) is 3.37. The van der Waals surface area contributed by atoms with Crippen LogP contribution in [0, 0.1) is 17.5 Å². The maximum absolute atomic E-state index is 13.6.